The number of nitrogens with one attached hydrogen (secondary N) is 1. The van der Waals surface area contributed by atoms with Gasteiger partial charge >= 0.3 is 0 Å². The van der Waals surface area contributed by atoms with Crippen LogP contribution >= 0.6 is 11.3 Å². The van der Waals surface area contributed by atoms with Crippen molar-refractivity contribution in [1.82, 2.24) is 0 Å². The highest BCUT2D eigenvalue weighted by Crippen LogP contribution is 2.44. The summed E-state index contributed by atoms with van der Waals surface area (Å²) in [4.78, 5) is 0. The van der Waals surface area contributed by atoms with Gasteiger partial charge in [0.1, 0.15) is 0 Å². The maximum atomic E-state index is 3.62. The molecule has 1 nitrogen and oxygen atoms in total. The number of benzene rings is 4. The van der Waals surface area contributed by atoms with Gasteiger partial charge in [0.25, 0.3) is 0 Å². The Labute approximate surface area is 156 Å². The summed E-state index contributed by atoms with van der Waals surface area (Å²) in [6.45, 7) is 0. The number of rotatable bonds is 3. The standard InChI is InChI=1S/C24H17NS/c1-3-9-17(10-4-1)23-20(25-18-11-5-2-6-12-18)15-16-22-24(23)19-13-7-8-14-21(19)26-22/h1-16,25H. The average molecular weight is 351 g/mol. The normalized spacial score (nSPS) is 11.1. The topological polar surface area (TPSA) is 12.0 Å². The molecule has 5 rings (SSSR count). The Balaban J connectivity index is 1.83. The summed E-state index contributed by atoms with van der Waals surface area (Å²) in [7, 11) is 0. The van der Waals surface area contributed by atoms with E-state index in [1.54, 1.807) is 0 Å². The van der Waals surface area contributed by atoms with Crippen molar-refractivity contribution in [2.75, 3.05) is 5.32 Å². The van der Waals surface area contributed by atoms with Crippen molar-refractivity contribution in [1.29, 1.82) is 0 Å². The van der Waals surface area contributed by atoms with E-state index in [4.69, 9.17) is 0 Å². The van der Waals surface area contributed by atoms with Gasteiger partial charge in [-0.15, -0.1) is 11.3 Å². The lowest BCUT2D eigenvalue weighted by atomic mass is 9.97. The fourth-order valence-corrected chi connectivity index (χ4v) is 4.62. The van der Waals surface area contributed by atoms with E-state index in [1.807, 2.05) is 17.4 Å². The number of fused-ring (bicyclic) bond motifs is 3. The average Bonchev–Trinajstić information content (AvgIpc) is 3.08. The molecular formula is C24H17NS. The molecule has 5 aromatic rings. The zero-order chi connectivity index (χ0) is 17.3. The van der Waals surface area contributed by atoms with Gasteiger partial charge in [0.05, 0.1) is 0 Å². The molecule has 0 aliphatic heterocycles. The summed E-state index contributed by atoms with van der Waals surface area (Å²) in [6.07, 6.45) is 0. The first-order valence-corrected chi connectivity index (χ1v) is 9.53. The first kappa shape index (κ1) is 15.2. The highest BCUT2D eigenvalue weighted by Gasteiger charge is 2.15. The van der Waals surface area contributed by atoms with Crippen LogP contribution in [0.5, 0.6) is 0 Å². The Bertz CT molecular complexity index is 1190. The summed E-state index contributed by atoms with van der Waals surface area (Å²) in [5, 5.41) is 6.28. The third kappa shape index (κ3) is 2.56. The zero-order valence-corrected chi connectivity index (χ0v) is 15.0. The van der Waals surface area contributed by atoms with Crippen LogP contribution in [0.4, 0.5) is 11.4 Å². The molecule has 0 aliphatic rings. The van der Waals surface area contributed by atoms with Crippen LogP contribution in [0.2, 0.25) is 0 Å². The van der Waals surface area contributed by atoms with Crippen LogP contribution in [0.15, 0.2) is 97.1 Å². The van der Waals surface area contributed by atoms with E-state index in [-0.39, 0.29) is 0 Å². The highest BCUT2D eigenvalue weighted by molar-refractivity contribution is 7.26. The summed E-state index contributed by atoms with van der Waals surface area (Å²) in [5.41, 5.74) is 4.74. The zero-order valence-electron chi connectivity index (χ0n) is 14.1. The SMILES string of the molecule is c1ccc(Nc2ccc3sc4ccccc4c3c2-c2ccccc2)cc1. The Morgan fingerprint density at radius 3 is 2.08 bits per heavy atom. The Kier molecular flexibility index (Phi) is 3.69. The second kappa shape index (κ2) is 6.32. The maximum Gasteiger partial charge on any atom is 0.0471 e. The van der Waals surface area contributed by atoms with Crippen molar-refractivity contribution < 1.29 is 0 Å². The Morgan fingerprint density at radius 2 is 1.27 bits per heavy atom. The Hall–Kier alpha value is -3.10. The van der Waals surface area contributed by atoms with E-state index in [1.165, 1.54) is 31.3 Å². The summed E-state index contributed by atoms with van der Waals surface area (Å²) in [5.74, 6) is 0. The molecule has 0 spiro atoms. The molecule has 0 unspecified atom stereocenters. The van der Waals surface area contributed by atoms with Gasteiger partial charge in [-0.25, -0.2) is 0 Å². The maximum absolute atomic E-state index is 3.62. The molecule has 1 heterocycles. The van der Waals surface area contributed by atoms with Crippen LogP contribution in [-0.2, 0) is 0 Å². The van der Waals surface area contributed by atoms with Gasteiger partial charge in [-0.2, -0.15) is 0 Å². The van der Waals surface area contributed by atoms with E-state index in [2.05, 4.69) is 96.3 Å². The lowest BCUT2D eigenvalue weighted by Gasteiger charge is -2.14. The van der Waals surface area contributed by atoms with Crippen molar-refractivity contribution in [3.8, 4) is 11.1 Å². The van der Waals surface area contributed by atoms with Crippen molar-refractivity contribution in [2.24, 2.45) is 0 Å². The largest absolute Gasteiger partial charge is 0.355 e. The fraction of sp³-hybridized carbons (Fsp3) is 0. The van der Waals surface area contributed by atoms with Crippen LogP contribution < -0.4 is 5.32 Å². The number of anilines is 2. The molecule has 26 heavy (non-hydrogen) atoms. The van der Waals surface area contributed by atoms with Gasteiger partial charge in [-0.1, -0.05) is 66.7 Å². The minimum atomic E-state index is 1.10. The van der Waals surface area contributed by atoms with Crippen molar-refractivity contribution in [2.45, 2.75) is 0 Å². The number of thiophene rings is 1. The molecule has 0 aliphatic carbocycles. The smallest absolute Gasteiger partial charge is 0.0471 e. The molecule has 4 aromatic carbocycles. The molecule has 0 radical (unpaired) electrons. The molecule has 0 atom stereocenters. The van der Waals surface area contributed by atoms with Crippen molar-refractivity contribution in [3.05, 3.63) is 97.1 Å². The van der Waals surface area contributed by atoms with Gasteiger partial charge < -0.3 is 5.32 Å². The van der Waals surface area contributed by atoms with Crippen LogP contribution in [0.1, 0.15) is 0 Å². The molecule has 2 heteroatoms. The minimum absolute atomic E-state index is 1.10. The molecular weight excluding hydrogens is 334 g/mol. The van der Waals surface area contributed by atoms with Crippen molar-refractivity contribution in [3.63, 3.8) is 0 Å². The van der Waals surface area contributed by atoms with Crippen LogP contribution in [0.25, 0.3) is 31.3 Å². The van der Waals surface area contributed by atoms with Crippen LogP contribution in [0.3, 0.4) is 0 Å². The molecule has 1 aromatic heterocycles. The molecule has 0 saturated heterocycles. The Morgan fingerprint density at radius 1 is 0.577 bits per heavy atom. The van der Waals surface area contributed by atoms with Gasteiger partial charge in [-0.05, 0) is 35.9 Å². The number of hydrogen-bond acceptors (Lipinski definition) is 2. The number of para-hydroxylation sites is 1. The molecule has 0 saturated carbocycles. The first-order valence-electron chi connectivity index (χ1n) is 8.72. The molecule has 1 N–H and O–H groups in total. The predicted molar refractivity (Wildman–Crippen MR) is 114 cm³/mol. The monoisotopic (exact) mass is 351 g/mol. The molecule has 124 valence electrons. The molecule has 0 fully saturated rings. The van der Waals surface area contributed by atoms with Gasteiger partial charge in [0.2, 0.25) is 0 Å². The predicted octanol–water partition coefficient (Wildman–Crippen LogP) is 7.47. The lowest BCUT2D eigenvalue weighted by Crippen LogP contribution is -1.93. The molecule has 0 bridgehead atoms. The molecule has 0 amide bonds. The van der Waals surface area contributed by atoms with E-state index in [0.717, 1.165) is 11.4 Å². The summed E-state index contributed by atoms with van der Waals surface area (Å²) < 4.78 is 2.65. The third-order valence-electron chi connectivity index (χ3n) is 4.66. The minimum Gasteiger partial charge on any atom is -0.355 e. The van der Waals surface area contributed by atoms with Crippen molar-refractivity contribution >= 4 is 42.9 Å². The van der Waals surface area contributed by atoms with Crippen LogP contribution in [-0.4, -0.2) is 0 Å². The van der Waals surface area contributed by atoms with Gasteiger partial charge in [0.15, 0.2) is 0 Å². The van der Waals surface area contributed by atoms with Crippen LogP contribution in [0, 0.1) is 0 Å². The second-order valence-corrected chi connectivity index (χ2v) is 7.40. The first-order chi connectivity index (χ1) is 12.9. The van der Waals surface area contributed by atoms with E-state index < -0.39 is 0 Å². The van der Waals surface area contributed by atoms with E-state index in [9.17, 15) is 0 Å². The summed E-state index contributed by atoms with van der Waals surface area (Å²) >= 11 is 1.86. The summed E-state index contributed by atoms with van der Waals surface area (Å²) in [6, 6.07) is 34.1. The highest BCUT2D eigenvalue weighted by atomic mass is 32.1. The van der Waals surface area contributed by atoms with E-state index in [0.29, 0.717) is 0 Å². The van der Waals surface area contributed by atoms with Gasteiger partial charge in [0, 0.05) is 37.1 Å². The van der Waals surface area contributed by atoms with E-state index >= 15 is 0 Å². The second-order valence-electron chi connectivity index (χ2n) is 6.32. The number of hydrogen-bond donors (Lipinski definition) is 1. The third-order valence-corrected chi connectivity index (χ3v) is 5.79. The fourth-order valence-electron chi connectivity index (χ4n) is 3.50. The lowest BCUT2D eigenvalue weighted by molar-refractivity contribution is 1.56. The van der Waals surface area contributed by atoms with Gasteiger partial charge in [-0.3, -0.25) is 0 Å². The quantitative estimate of drug-likeness (QED) is 0.355.